The van der Waals surface area contributed by atoms with E-state index < -0.39 is 22.0 Å². The number of nitrogen functional groups attached to an aromatic ring is 2. The summed E-state index contributed by atoms with van der Waals surface area (Å²) < 4.78 is 39.2. The number of oxime groups is 1. The molecule has 1 aliphatic rings. The number of pyridine rings is 1. The zero-order valence-electron chi connectivity index (χ0n) is 29.2. The van der Waals surface area contributed by atoms with E-state index in [1.807, 2.05) is 50.4 Å². The van der Waals surface area contributed by atoms with Crippen LogP contribution in [0.1, 0.15) is 47.2 Å². The van der Waals surface area contributed by atoms with Crippen molar-refractivity contribution in [1.82, 2.24) is 25.7 Å². The second-order valence-electron chi connectivity index (χ2n) is 10.8. The first-order valence-electron chi connectivity index (χ1n) is 15.5. The van der Waals surface area contributed by atoms with E-state index in [1.165, 1.54) is 32.1 Å². The Kier molecular flexibility index (Phi) is 19.1. The third-order valence-electron chi connectivity index (χ3n) is 7.00. The first-order chi connectivity index (χ1) is 24.1. The van der Waals surface area contributed by atoms with Crippen molar-refractivity contribution in [3.63, 3.8) is 0 Å². The Labute approximate surface area is 300 Å². The van der Waals surface area contributed by atoms with E-state index in [2.05, 4.69) is 35.4 Å². The van der Waals surface area contributed by atoms with Crippen molar-refractivity contribution in [2.45, 2.75) is 53.1 Å². The first-order valence-corrected chi connectivity index (χ1v) is 17.7. The lowest BCUT2D eigenvalue weighted by atomic mass is 9.96. The summed E-state index contributed by atoms with van der Waals surface area (Å²) in [4.78, 5) is 43.3. The number of nitrogens with zero attached hydrogens (tertiary/aromatic N) is 4. The molecule has 3 heterocycles. The van der Waals surface area contributed by atoms with E-state index in [0.29, 0.717) is 58.6 Å². The minimum Gasteiger partial charge on any atom is -0.490 e. The quantitative estimate of drug-likeness (QED) is 0.0362. The SMILES string of the molecule is C/C(=N\OCCOc1ccc2nc(NCC3CNC3)cc(N)c2c1)c1csc(N)n1.CC.CC(NC=O)C(C)(C)N(C=O)OS(=O)(=O)O.O=CO. The predicted molar refractivity (Wildman–Crippen MR) is 195 cm³/mol. The van der Waals surface area contributed by atoms with Crippen LogP contribution in [0.15, 0.2) is 34.8 Å². The zero-order valence-corrected chi connectivity index (χ0v) is 30.9. The number of hydrogen-bond acceptors (Lipinski definition) is 16. The Hall–Kier alpha value is -4.83. The van der Waals surface area contributed by atoms with Crippen LogP contribution in [-0.2, 0) is 33.9 Å². The monoisotopic (exact) mass is 757 g/mol. The normalized spacial score (nSPS) is 13.3. The van der Waals surface area contributed by atoms with Crippen molar-refractivity contribution in [3.8, 4) is 5.75 Å². The molecule has 19 nitrogen and oxygen atoms in total. The molecular formula is C30H47N9O10S2. The number of nitrogens with one attached hydrogen (secondary N) is 3. The number of amides is 2. The molecule has 51 heavy (non-hydrogen) atoms. The molecule has 4 rings (SSSR count). The highest BCUT2D eigenvalue weighted by atomic mass is 32.3. The van der Waals surface area contributed by atoms with Crippen LogP contribution in [0.4, 0.5) is 16.6 Å². The Morgan fingerprint density at radius 1 is 1.20 bits per heavy atom. The molecule has 0 saturated carbocycles. The fraction of sp³-hybridized carbons (Fsp3) is 0.467. The second-order valence-corrected chi connectivity index (χ2v) is 12.7. The summed E-state index contributed by atoms with van der Waals surface area (Å²) >= 11 is 1.37. The fourth-order valence-corrected chi connectivity index (χ4v) is 4.88. The molecule has 0 radical (unpaired) electrons. The fourth-order valence-electron chi connectivity index (χ4n) is 3.84. The highest BCUT2D eigenvalue weighted by Gasteiger charge is 2.35. The number of rotatable bonds is 16. The van der Waals surface area contributed by atoms with Crippen molar-refractivity contribution >= 4 is 74.3 Å². The summed E-state index contributed by atoms with van der Waals surface area (Å²) in [6.45, 7) is 13.7. The van der Waals surface area contributed by atoms with Gasteiger partial charge in [0.15, 0.2) is 11.7 Å². The van der Waals surface area contributed by atoms with Gasteiger partial charge in [-0.15, -0.1) is 15.6 Å². The van der Waals surface area contributed by atoms with Gasteiger partial charge in [-0.2, -0.15) is 13.5 Å². The van der Waals surface area contributed by atoms with E-state index in [4.69, 9.17) is 35.5 Å². The number of carbonyl (C=O) groups excluding carboxylic acids is 2. The molecule has 284 valence electrons. The number of ether oxygens (including phenoxy) is 1. The van der Waals surface area contributed by atoms with Crippen LogP contribution >= 0.6 is 11.3 Å². The van der Waals surface area contributed by atoms with Crippen LogP contribution in [0.25, 0.3) is 10.9 Å². The summed E-state index contributed by atoms with van der Waals surface area (Å²) in [6, 6.07) is 6.96. The molecule has 1 atom stereocenters. The molecule has 0 spiro atoms. The van der Waals surface area contributed by atoms with Crippen LogP contribution in [0.2, 0.25) is 0 Å². The number of thiazole rings is 1. The van der Waals surface area contributed by atoms with Gasteiger partial charge in [0.2, 0.25) is 12.8 Å². The number of nitrogens with two attached hydrogens (primary N) is 2. The van der Waals surface area contributed by atoms with E-state index in [0.717, 1.165) is 36.4 Å². The maximum Gasteiger partial charge on any atom is 0.418 e. The van der Waals surface area contributed by atoms with Crippen molar-refractivity contribution in [3.05, 3.63) is 35.3 Å². The van der Waals surface area contributed by atoms with E-state index in [1.54, 1.807) is 0 Å². The lowest BCUT2D eigenvalue weighted by molar-refractivity contribution is -0.166. The van der Waals surface area contributed by atoms with Gasteiger partial charge in [0, 0.05) is 48.1 Å². The Balaban J connectivity index is 0.000000526. The first kappa shape index (κ1) is 44.2. The van der Waals surface area contributed by atoms with Gasteiger partial charge in [0.05, 0.1) is 17.1 Å². The van der Waals surface area contributed by atoms with Crippen molar-refractivity contribution in [2.75, 3.05) is 49.6 Å². The van der Waals surface area contributed by atoms with Gasteiger partial charge >= 0.3 is 10.4 Å². The molecule has 9 N–H and O–H groups in total. The van der Waals surface area contributed by atoms with Gasteiger partial charge in [-0.1, -0.05) is 19.0 Å². The number of anilines is 3. The molecule has 3 aromatic rings. The lowest BCUT2D eigenvalue weighted by Crippen LogP contribution is -2.56. The lowest BCUT2D eigenvalue weighted by Gasteiger charge is -2.37. The molecule has 2 aromatic heterocycles. The molecule has 1 saturated heterocycles. The molecule has 21 heteroatoms. The van der Waals surface area contributed by atoms with Crippen molar-refractivity contribution < 1.29 is 46.3 Å². The van der Waals surface area contributed by atoms with Gasteiger partial charge in [0.1, 0.15) is 29.6 Å². The number of hydroxylamine groups is 2. The van der Waals surface area contributed by atoms with E-state index >= 15 is 0 Å². The molecule has 0 bridgehead atoms. The number of benzene rings is 1. The van der Waals surface area contributed by atoms with E-state index in [9.17, 15) is 18.0 Å². The van der Waals surface area contributed by atoms with Crippen molar-refractivity contribution in [1.29, 1.82) is 0 Å². The number of carboxylic acid groups (broad SMARTS) is 1. The highest BCUT2D eigenvalue weighted by molar-refractivity contribution is 7.80. The van der Waals surface area contributed by atoms with Crippen LogP contribution in [0.5, 0.6) is 5.75 Å². The molecule has 1 aromatic carbocycles. The molecule has 2 amide bonds. The summed E-state index contributed by atoms with van der Waals surface area (Å²) in [5.41, 5.74) is 13.6. The van der Waals surface area contributed by atoms with Gasteiger partial charge in [-0.25, -0.2) is 9.97 Å². The van der Waals surface area contributed by atoms with Gasteiger partial charge in [-0.05, 0) is 45.9 Å². The summed E-state index contributed by atoms with van der Waals surface area (Å²) in [5, 5.41) is 23.5. The molecule has 1 unspecified atom stereocenters. The minimum atomic E-state index is -4.79. The average Bonchev–Trinajstić information content (AvgIpc) is 3.50. The average molecular weight is 758 g/mol. The van der Waals surface area contributed by atoms with Crippen molar-refractivity contribution in [2.24, 2.45) is 11.1 Å². The topological polar surface area (TPSA) is 283 Å². The van der Waals surface area contributed by atoms with Crippen LogP contribution < -0.4 is 32.2 Å². The van der Waals surface area contributed by atoms with Crippen LogP contribution in [-0.4, -0.2) is 103 Å². The van der Waals surface area contributed by atoms with E-state index in [-0.39, 0.29) is 12.9 Å². The standard InChI is InChI=1S/C20H25N7O2S.C7H14N2O6S.C2H6.CH2O2/c1-12(18-11-30-20(22)26-18)27-29-5-4-28-14-2-3-17-15(6-14)16(21)7-19(25-17)24-10-13-8-23-9-13;1-6(8-4-10)7(2,3)9(5-11)15-16(12,13)14;1-2;2-1-3/h2-3,6-7,11,13,23H,4-5,8-10H2,1H3,(H2,22,26)(H3,21,24,25);4-6H,1-3H3,(H,8,10)(H,12,13,14);1-2H3;1H,(H,2,3)/b27-12+;;;. The Morgan fingerprint density at radius 2 is 1.86 bits per heavy atom. The van der Waals surface area contributed by atoms with Gasteiger partial charge in [-0.3, -0.25) is 18.9 Å². The van der Waals surface area contributed by atoms with Crippen LogP contribution in [0, 0.1) is 5.92 Å². The number of hydrogen-bond donors (Lipinski definition) is 7. The smallest absolute Gasteiger partial charge is 0.418 e. The van der Waals surface area contributed by atoms with Gasteiger partial charge < -0.3 is 42.1 Å². The molecular weight excluding hydrogens is 711 g/mol. The third kappa shape index (κ3) is 15.3. The van der Waals surface area contributed by atoms with Crippen LogP contribution in [0.3, 0.4) is 0 Å². The highest BCUT2D eigenvalue weighted by Crippen LogP contribution is 2.27. The Bertz CT molecular complexity index is 1670. The maximum atomic E-state index is 10.6. The summed E-state index contributed by atoms with van der Waals surface area (Å²) in [6.07, 6.45) is 0.500. The number of carbonyl (C=O) groups is 3. The molecule has 1 fully saturated rings. The molecule has 1 aliphatic heterocycles. The summed E-state index contributed by atoms with van der Waals surface area (Å²) in [7, 11) is -4.79. The largest absolute Gasteiger partial charge is 0.490 e. The second kappa shape index (κ2) is 22.1. The van der Waals surface area contributed by atoms with Gasteiger partial charge in [0.25, 0.3) is 6.47 Å². The predicted octanol–water partition coefficient (Wildman–Crippen LogP) is 2.13. The maximum absolute atomic E-state index is 10.6. The number of aromatic nitrogens is 2. The summed E-state index contributed by atoms with van der Waals surface area (Å²) in [5.74, 6) is 2.15. The zero-order chi connectivity index (χ0) is 38.6. The minimum absolute atomic E-state index is 0.0940. The number of fused-ring (bicyclic) bond motifs is 1. The third-order valence-corrected chi connectivity index (χ3v) is 8.03. The Morgan fingerprint density at radius 3 is 2.39 bits per heavy atom. The molecule has 0 aliphatic carbocycles.